The Morgan fingerprint density at radius 2 is 1.40 bits per heavy atom. The monoisotopic (exact) mass is 729 g/mol. The highest BCUT2D eigenvalue weighted by molar-refractivity contribution is 5.81. The van der Waals surface area contributed by atoms with Gasteiger partial charge in [-0.1, -0.05) is 0 Å². The fraction of sp³-hybridized carbons (Fsp3) is 0.964. The predicted octanol–water partition coefficient (Wildman–Crippen LogP) is -9.77. The van der Waals surface area contributed by atoms with E-state index in [1.807, 2.05) is 0 Å². The number of aliphatic hydroxyl groups is 8. The van der Waals surface area contributed by atoms with Crippen molar-refractivity contribution in [2.45, 2.75) is 135 Å². The molecule has 4 aliphatic rings. The Balaban J connectivity index is 1.56. The molecule has 22 nitrogen and oxygen atoms in total. The van der Waals surface area contributed by atoms with Crippen molar-refractivity contribution in [3.8, 4) is 0 Å². The Hall–Kier alpha value is -1.33. The van der Waals surface area contributed by atoms with E-state index in [0.717, 1.165) is 0 Å². The van der Waals surface area contributed by atoms with E-state index in [0.29, 0.717) is 0 Å². The Kier molecular flexibility index (Phi) is 15.0. The van der Waals surface area contributed by atoms with E-state index in [1.165, 1.54) is 0 Å². The lowest BCUT2D eigenvalue weighted by molar-refractivity contribution is -0.296. The molecule has 20 atom stereocenters. The summed E-state index contributed by atoms with van der Waals surface area (Å²) in [7, 11) is 1.66. The number of rotatable bonds is 14. The number of amides is 1. The van der Waals surface area contributed by atoms with Crippen molar-refractivity contribution in [1.82, 2.24) is 10.6 Å². The maximum absolute atomic E-state index is 12.7. The van der Waals surface area contributed by atoms with E-state index >= 15 is 0 Å². The van der Waals surface area contributed by atoms with Crippen LogP contribution >= 0.6 is 0 Å². The van der Waals surface area contributed by atoms with E-state index < -0.39 is 141 Å². The number of aliphatic hydroxyl groups excluding tert-OH is 8. The summed E-state index contributed by atoms with van der Waals surface area (Å²) in [5.74, 6) is -1.06. The van der Waals surface area contributed by atoms with Gasteiger partial charge in [-0.25, -0.2) is 0 Å². The number of likely N-dealkylation sites (N-methyl/N-ethyl adjacent to an activating group) is 1. The van der Waals surface area contributed by atoms with Crippen molar-refractivity contribution in [2.24, 2.45) is 28.7 Å². The first kappa shape index (κ1) is 41.4. The largest absolute Gasteiger partial charge is 0.394 e. The molecule has 1 saturated carbocycles. The van der Waals surface area contributed by atoms with Crippen LogP contribution in [0.1, 0.15) is 12.8 Å². The maximum atomic E-state index is 12.7. The molecule has 0 unspecified atom stereocenters. The van der Waals surface area contributed by atoms with Crippen LogP contribution in [0.4, 0.5) is 0 Å². The quantitative estimate of drug-likeness (QED) is 0.0789. The van der Waals surface area contributed by atoms with Crippen molar-refractivity contribution in [3.63, 3.8) is 0 Å². The summed E-state index contributed by atoms with van der Waals surface area (Å²) in [5, 5.41) is 89.4. The second-order valence-corrected chi connectivity index (χ2v) is 13.2. The van der Waals surface area contributed by atoms with Crippen LogP contribution in [-0.2, 0) is 33.2 Å². The molecule has 4 rings (SSSR count). The van der Waals surface area contributed by atoms with E-state index in [1.54, 1.807) is 7.05 Å². The summed E-state index contributed by atoms with van der Waals surface area (Å²) < 4.78 is 35.4. The fourth-order valence-electron chi connectivity index (χ4n) is 6.58. The van der Waals surface area contributed by atoms with Crippen molar-refractivity contribution in [2.75, 3.05) is 33.3 Å². The van der Waals surface area contributed by atoms with Gasteiger partial charge < -0.3 is 109 Å². The summed E-state index contributed by atoms with van der Waals surface area (Å²) in [5.41, 5.74) is 29.8. The number of nitrogens with two attached hydrogens (primary N) is 5. The van der Waals surface area contributed by atoms with Crippen LogP contribution in [0.15, 0.2) is 0 Å². The van der Waals surface area contributed by atoms with Crippen LogP contribution in [-0.4, -0.2) is 202 Å². The number of hydrogen-bond donors (Lipinski definition) is 15. The van der Waals surface area contributed by atoms with Gasteiger partial charge in [0.05, 0.1) is 36.9 Å². The molecule has 50 heavy (non-hydrogen) atoms. The van der Waals surface area contributed by atoms with Gasteiger partial charge in [0.2, 0.25) is 0 Å². The molecular formula is C28H55N7O15. The SMILES string of the molecule is CNC[C@H]1O[C@H](O[C@H]2[C@H](O[C@@H]3O[C@H](CO)[C@@H](O[C@H]4O[C@@H](CN)[C@@H](O)[C@H](O)[C@H]4N)[C@H]3O)[C@@H](O)[C@H](NC(=O)[C@@H](O)[C@@H](O)CN)C[C@@H]2N)[C@H](N)C[C@@H]1O. The molecule has 22 heteroatoms. The number of carbonyl (C=O) groups excluding carboxylic acids is 1. The molecule has 0 spiro atoms. The molecule has 0 aromatic carbocycles. The third-order valence-electron chi connectivity index (χ3n) is 9.55. The smallest absolute Gasteiger partial charge is 0.251 e. The molecule has 3 saturated heterocycles. The molecule has 292 valence electrons. The summed E-state index contributed by atoms with van der Waals surface area (Å²) in [4.78, 5) is 12.7. The number of ether oxygens (including phenoxy) is 6. The predicted molar refractivity (Wildman–Crippen MR) is 167 cm³/mol. The topological polar surface area (TPSA) is 388 Å². The first-order valence-corrected chi connectivity index (χ1v) is 16.6. The number of carbonyl (C=O) groups is 1. The molecule has 3 aliphatic heterocycles. The zero-order valence-electron chi connectivity index (χ0n) is 27.6. The molecule has 1 amide bonds. The Bertz CT molecular complexity index is 1070. The lowest BCUT2D eigenvalue weighted by Crippen LogP contribution is -2.67. The second kappa shape index (κ2) is 18.1. The summed E-state index contributed by atoms with van der Waals surface area (Å²) in [6, 6.07) is -4.36. The van der Waals surface area contributed by atoms with E-state index in [2.05, 4.69) is 10.6 Å². The highest BCUT2D eigenvalue weighted by Gasteiger charge is 2.54. The fourth-order valence-corrected chi connectivity index (χ4v) is 6.58. The highest BCUT2D eigenvalue weighted by atomic mass is 16.8. The average Bonchev–Trinajstić information content (AvgIpc) is 3.39. The normalized spacial score (nSPS) is 46.8. The van der Waals surface area contributed by atoms with Gasteiger partial charge in [0, 0.05) is 25.7 Å². The summed E-state index contributed by atoms with van der Waals surface area (Å²) in [6.07, 6.45) is -22.2. The lowest BCUT2D eigenvalue weighted by atomic mass is 9.83. The highest BCUT2D eigenvalue weighted by Crippen LogP contribution is 2.34. The lowest BCUT2D eigenvalue weighted by Gasteiger charge is -2.47. The molecule has 0 radical (unpaired) electrons. The molecule has 0 bridgehead atoms. The van der Waals surface area contributed by atoms with Gasteiger partial charge in [-0.15, -0.1) is 0 Å². The minimum atomic E-state index is -1.93. The van der Waals surface area contributed by atoms with E-state index in [4.69, 9.17) is 57.1 Å². The van der Waals surface area contributed by atoms with Crippen LogP contribution in [0, 0.1) is 0 Å². The van der Waals surface area contributed by atoms with Crippen LogP contribution < -0.4 is 39.3 Å². The van der Waals surface area contributed by atoms with Crippen LogP contribution in [0.5, 0.6) is 0 Å². The molecule has 3 heterocycles. The molecule has 1 aliphatic carbocycles. The zero-order valence-corrected chi connectivity index (χ0v) is 27.6. The second-order valence-electron chi connectivity index (χ2n) is 13.2. The Morgan fingerprint density at radius 1 is 0.780 bits per heavy atom. The van der Waals surface area contributed by atoms with E-state index in [9.17, 15) is 45.6 Å². The van der Waals surface area contributed by atoms with Crippen molar-refractivity contribution < 1.29 is 74.1 Å². The van der Waals surface area contributed by atoms with Gasteiger partial charge in [-0.2, -0.15) is 0 Å². The van der Waals surface area contributed by atoms with Gasteiger partial charge in [-0.05, 0) is 19.9 Å². The first-order chi connectivity index (χ1) is 23.7. The van der Waals surface area contributed by atoms with Crippen LogP contribution in [0.3, 0.4) is 0 Å². The summed E-state index contributed by atoms with van der Waals surface area (Å²) >= 11 is 0. The number of nitrogens with one attached hydrogen (secondary N) is 2. The van der Waals surface area contributed by atoms with Gasteiger partial charge in [-0.3, -0.25) is 4.79 Å². The van der Waals surface area contributed by atoms with Gasteiger partial charge in [0.15, 0.2) is 25.0 Å². The Morgan fingerprint density at radius 3 is 2.02 bits per heavy atom. The number of hydrogen-bond acceptors (Lipinski definition) is 21. The average molecular weight is 730 g/mol. The first-order valence-electron chi connectivity index (χ1n) is 16.6. The molecule has 0 aromatic rings. The van der Waals surface area contributed by atoms with Gasteiger partial charge in [0.1, 0.15) is 61.0 Å². The summed E-state index contributed by atoms with van der Waals surface area (Å²) in [6.45, 7) is -1.08. The minimum Gasteiger partial charge on any atom is -0.394 e. The zero-order chi connectivity index (χ0) is 37.0. The molecular weight excluding hydrogens is 674 g/mol. The van der Waals surface area contributed by atoms with Crippen LogP contribution in [0.2, 0.25) is 0 Å². The van der Waals surface area contributed by atoms with E-state index in [-0.39, 0.29) is 25.9 Å². The third-order valence-corrected chi connectivity index (χ3v) is 9.55. The van der Waals surface area contributed by atoms with Crippen LogP contribution in [0.25, 0.3) is 0 Å². The third kappa shape index (κ3) is 9.06. The minimum absolute atomic E-state index is 0.0941. The van der Waals surface area contributed by atoms with Crippen molar-refractivity contribution in [3.05, 3.63) is 0 Å². The van der Waals surface area contributed by atoms with Gasteiger partial charge in [0.25, 0.3) is 5.91 Å². The standard InChI is InChI=1S/C28H55N7O15/c1-34-6-14-11(37)3-9(32)26(46-14)48-22-8(31)2-10(35-25(44)18(40)12(38)4-29)17(39)24(22)50-28-21(43)23(15(7-36)47-28)49-27-16(33)20(42)19(41)13(5-30)45-27/h8-24,26-28,34,36-43H,2-7,29-33H2,1H3,(H,35,44)/t8-,9+,10+,11-,12-,13-,14+,15+,16+,17-,18-,19+,20+,21+,22+,23+,24+,26+,27+,28-/m0/s1. The molecule has 20 N–H and O–H groups in total. The van der Waals surface area contributed by atoms with Crippen molar-refractivity contribution >= 4 is 5.91 Å². The maximum Gasteiger partial charge on any atom is 0.251 e. The Labute approximate surface area is 288 Å². The molecule has 4 fully saturated rings. The van der Waals surface area contributed by atoms with Crippen molar-refractivity contribution in [1.29, 1.82) is 0 Å². The van der Waals surface area contributed by atoms with Gasteiger partial charge >= 0.3 is 0 Å². The molecule has 0 aromatic heterocycles.